The van der Waals surface area contributed by atoms with Crippen LogP contribution < -0.4 is 10.2 Å². The SMILES string of the molecule is O=C(C[NH+]1CCOCC1)Nc1ccc(Cl)cn1. The molecule has 1 aromatic heterocycles. The van der Waals surface area contributed by atoms with Gasteiger partial charge in [-0.1, -0.05) is 11.6 Å². The van der Waals surface area contributed by atoms with Crippen LogP contribution in [0.1, 0.15) is 0 Å². The Morgan fingerprint density at radius 2 is 2.24 bits per heavy atom. The van der Waals surface area contributed by atoms with E-state index in [0.29, 0.717) is 17.4 Å². The Morgan fingerprint density at radius 1 is 1.47 bits per heavy atom. The Labute approximate surface area is 105 Å². The van der Waals surface area contributed by atoms with E-state index in [0.717, 1.165) is 26.3 Å². The van der Waals surface area contributed by atoms with E-state index < -0.39 is 0 Å². The first-order valence-corrected chi connectivity index (χ1v) is 5.94. The van der Waals surface area contributed by atoms with E-state index >= 15 is 0 Å². The van der Waals surface area contributed by atoms with Gasteiger partial charge in [0.1, 0.15) is 18.9 Å². The minimum Gasteiger partial charge on any atom is -0.370 e. The number of carbonyl (C=O) groups is 1. The number of morpholine rings is 1. The highest BCUT2D eigenvalue weighted by atomic mass is 35.5. The van der Waals surface area contributed by atoms with Crippen molar-refractivity contribution >= 4 is 23.3 Å². The molecule has 5 nitrogen and oxygen atoms in total. The fourth-order valence-corrected chi connectivity index (χ4v) is 1.81. The summed E-state index contributed by atoms with van der Waals surface area (Å²) in [7, 11) is 0. The number of carbonyl (C=O) groups excluding carboxylic acids is 1. The number of hydrogen-bond acceptors (Lipinski definition) is 3. The molecule has 1 aliphatic rings. The van der Waals surface area contributed by atoms with Crippen LogP contribution in [0.3, 0.4) is 0 Å². The third-order valence-electron chi connectivity index (χ3n) is 2.61. The highest BCUT2D eigenvalue weighted by Gasteiger charge is 2.17. The first-order chi connectivity index (χ1) is 8.24. The molecular weight excluding hydrogens is 242 g/mol. The molecule has 6 heteroatoms. The normalized spacial score (nSPS) is 16.8. The summed E-state index contributed by atoms with van der Waals surface area (Å²) >= 11 is 5.71. The molecule has 1 saturated heterocycles. The summed E-state index contributed by atoms with van der Waals surface area (Å²) < 4.78 is 5.23. The Hall–Kier alpha value is -1.17. The van der Waals surface area contributed by atoms with Crippen molar-refractivity contribution in [3.05, 3.63) is 23.4 Å². The molecule has 0 bridgehead atoms. The molecule has 1 aliphatic heterocycles. The molecule has 0 radical (unpaired) electrons. The lowest BCUT2D eigenvalue weighted by Gasteiger charge is -2.22. The second-order valence-corrected chi connectivity index (χ2v) is 4.39. The maximum atomic E-state index is 11.7. The molecule has 1 fully saturated rings. The number of hydrogen-bond donors (Lipinski definition) is 2. The van der Waals surface area contributed by atoms with Crippen molar-refractivity contribution in [2.75, 3.05) is 38.2 Å². The fraction of sp³-hybridized carbons (Fsp3) is 0.455. The predicted molar refractivity (Wildman–Crippen MR) is 64.3 cm³/mol. The molecule has 2 N–H and O–H groups in total. The number of ether oxygens (including phenoxy) is 1. The summed E-state index contributed by atoms with van der Waals surface area (Å²) in [6.07, 6.45) is 1.51. The molecule has 0 aliphatic carbocycles. The fourth-order valence-electron chi connectivity index (χ4n) is 1.70. The quantitative estimate of drug-likeness (QED) is 0.773. The first-order valence-electron chi connectivity index (χ1n) is 5.57. The number of quaternary nitrogens is 1. The summed E-state index contributed by atoms with van der Waals surface area (Å²) in [6, 6.07) is 3.39. The van der Waals surface area contributed by atoms with Gasteiger partial charge in [0.05, 0.1) is 18.2 Å². The van der Waals surface area contributed by atoms with Gasteiger partial charge in [-0.15, -0.1) is 0 Å². The molecule has 0 spiro atoms. The van der Waals surface area contributed by atoms with Crippen LogP contribution >= 0.6 is 11.6 Å². The van der Waals surface area contributed by atoms with Gasteiger partial charge in [-0.3, -0.25) is 4.79 Å². The molecule has 2 heterocycles. The van der Waals surface area contributed by atoms with Crippen LogP contribution in [0.2, 0.25) is 5.02 Å². The van der Waals surface area contributed by atoms with Crippen LogP contribution in [0.5, 0.6) is 0 Å². The van der Waals surface area contributed by atoms with Gasteiger partial charge in [0, 0.05) is 6.20 Å². The number of aromatic nitrogens is 1. The molecule has 0 saturated carbocycles. The van der Waals surface area contributed by atoms with Crippen LogP contribution in [-0.2, 0) is 9.53 Å². The molecule has 92 valence electrons. The monoisotopic (exact) mass is 256 g/mol. The standard InChI is InChI=1S/C11H14ClN3O2/c12-9-1-2-10(13-7-9)14-11(16)8-15-3-5-17-6-4-15/h1-2,7H,3-6,8H2,(H,13,14,16)/p+1. The first kappa shape index (κ1) is 12.3. The molecule has 17 heavy (non-hydrogen) atoms. The Morgan fingerprint density at radius 3 is 2.88 bits per heavy atom. The van der Waals surface area contributed by atoms with E-state index in [9.17, 15) is 4.79 Å². The van der Waals surface area contributed by atoms with Gasteiger partial charge in [0.25, 0.3) is 5.91 Å². The zero-order chi connectivity index (χ0) is 12.1. The zero-order valence-corrected chi connectivity index (χ0v) is 10.2. The van der Waals surface area contributed by atoms with E-state index in [1.807, 2.05) is 0 Å². The van der Waals surface area contributed by atoms with Crippen molar-refractivity contribution in [3.8, 4) is 0 Å². The third kappa shape index (κ3) is 3.96. The number of rotatable bonds is 3. The van der Waals surface area contributed by atoms with E-state index in [2.05, 4.69) is 10.3 Å². The lowest BCUT2D eigenvalue weighted by Crippen LogP contribution is -3.15. The number of anilines is 1. The Kier molecular flexibility index (Phi) is 4.30. The highest BCUT2D eigenvalue weighted by molar-refractivity contribution is 6.30. The van der Waals surface area contributed by atoms with Crippen molar-refractivity contribution < 1.29 is 14.4 Å². The molecule has 0 aromatic carbocycles. The molecule has 1 aromatic rings. The number of nitrogens with one attached hydrogen (secondary N) is 2. The summed E-state index contributed by atoms with van der Waals surface area (Å²) in [5.41, 5.74) is 0. The van der Waals surface area contributed by atoms with Crippen molar-refractivity contribution in [2.24, 2.45) is 0 Å². The van der Waals surface area contributed by atoms with Crippen molar-refractivity contribution in [1.82, 2.24) is 4.98 Å². The van der Waals surface area contributed by atoms with Crippen molar-refractivity contribution in [1.29, 1.82) is 0 Å². The maximum Gasteiger partial charge on any atom is 0.280 e. The van der Waals surface area contributed by atoms with Gasteiger partial charge >= 0.3 is 0 Å². The number of halogens is 1. The van der Waals surface area contributed by atoms with Gasteiger partial charge in [0.2, 0.25) is 0 Å². The molecule has 0 atom stereocenters. The lowest BCUT2D eigenvalue weighted by molar-refractivity contribution is -0.899. The molecular formula is C11H15ClN3O2+. The van der Waals surface area contributed by atoms with Gasteiger partial charge in [-0.25, -0.2) is 4.98 Å². The Bertz CT molecular complexity index is 377. The number of amides is 1. The number of nitrogens with zero attached hydrogens (tertiary/aromatic N) is 1. The van der Waals surface area contributed by atoms with Gasteiger partial charge < -0.3 is 15.0 Å². The minimum absolute atomic E-state index is 0.0308. The average Bonchev–Trinajstić information content (AvgIpc) is 2.33. The minimum atomic E-state index is -0.0308. The van der Waals surface area contributed by atoms with Gasteiger partial charge in [0.15, 0.2) is 6.54 Å². The summed E-state index contributed by atoms with van der Waals surface area (Å²) in [6.45, 7) is 3.65. The highest BCUT2D eigenvalue weighted by Crippen LogP contribution is 2.08. The summed E-state index contributed by atoms with van der Waals surface area (Å²) in [5.74, 6) is 0.504. The largest absolute Gasteiger partial charge is 0.370 e. The van der Waals surface area contributed by atoms with Crippen molar-refractivity contribution in [3.63, 3.8) is 0 Å². The summed E-state index contributed by atoms with van der Waals surface area (Å²) in [5, 5.41) is 3.30. The van der Waals surface area contributed by atoms with E-state index in [1.54, 1.807) is 12.1 Å². The van der Waals surface area contributed by atoms with E-state index in [4.69, 9.17) is 16.3 Å². The third-order valence-corrected chi connectivity index (χ3v) is 2.83. The number of pyridine rings is 1. The van der Waals surface area contributed by atoms with Crippen LogP contribution in [0.15, 0.2) is 18.3 Å². The lowest BCUT2D eigenvalue weighted by atomic mass is 10.4. The zero-order valence-electron chi connectivity index (χ0n) is 9.41. The van der Waals surface area contributed by atoms with Gasteiger partial charge in [-0.2, -0.15) is 0 Å². The van der Waals surface area contributed by atoms with Crippen LogP contribution in [0.25, 0.3) is 0 Å². The summed E-state index contributed by atoms with van der Waals surface area (Å²) in [4.78, 5) is 17.0. The molecule has 2 rings (SSSR count). The van der Waals surface area contributed by atoms with Crippen LogP contribution in [0, 0.1) is 0 Å². The smallest absolute Gasteiger partial charge is 0.280 e. The van der Waals surface area contributed by atoms with E-state index in [1.165, 1.54) is 11.1 Å². The Balaban J connectivity index is 1.82. The second-order valence-electron chi connectivity index (χ2n) is 3.95. The van der Waals surface area contributed by atoms with Crippen LogP contribution in [0.4, 0.5) is 5.82 Å². The topological polar surface area (TPSA) is 55.7 Å². The molecule has 1 amide bonds. The molecule has 0 unspecified atom stereocenters. The maximum absolute atomic E-state index is 11.7. The predicted octanol–water partition coefficient (Wildman–Crippen LogP) is -0.411. The average molecular weight is 257 g/mol. The van der Waals surface area contributed by atoms with Crippen LogP contribution in [-0.4, -0.2) is 43.7 Å². The van der Waals surface area contributed by atoms with Crippen molar-refractivity contribution in [2.45, 2.75) is 0 Å². The second kappa shape index (κ2) is 5.95. The van der Waals surface area contributed by atoms with E-state index in [-0.39, 0.29) is 5.91 Å². The van der Waals surface area contributed by atoms with Gasteiger partial charge in [-0.05, 0) is 12.1 Å².